The molecule has 4 rings (SSSR count). The van der Waals surface area contributed by atoms with Crippen LogP contribution in [0.25, 0.3) is 0 Å². The van der Waals surface area contributed by atoms with Gasteiger partial charge in [-0.3, -0.25) is 4.79 Å². The van der Waals surface area contributed by atoms with E-state index in [9.17, 15) is 15.0 Å². The first-order valence-corrected chi connectivity index (χ1v) is 14.1. The zero-order valence-electron chi connectivity index (χ0n) is 25.3. The van der Waals surface area contributed by atoms with E-state index in [1.807, 2.05) is 33.8 Å². The van der Waals surface area contributed by atoms with Gasteiger partial charge in [-0.2, -0.15) is 0 Å². The van der Waals surface area contributed by atoms with Crippen LogP contribution in [0.1, 0.15) is 68.7 Å². The van der Waals surface area contributed by atoms with Gasteiger partial charge < -0.3 is 19.7 Å². The topological polar surface area (TPSA) is 93.1 Å². The highest BCUT2D eigenvalue weighted by molar-refractivity contribution is 5.99. The summed E-state index contributed by atoms with van der Waals surface area (Å²) >= 11 is 0. The summed E-state index contributed by atoms with van der Waals surface area (Å²) in [6, 6.07) is 0. The molecule has 2 fully saturated rings. The van der Waals surface area contributed by atoms with Gasteiger partial charge in [0.2, 0.25) is 0 Å². The number of ether oxygens (including phenoxy) is 2. The third-order valence-electron chi connectivity index (χ3n) is 11.0. The third kappa shape index (κ3) is 3.37. The molecule has 6 nitrogen and oxygen atoms in total. The minimum Gasteiger partial charge on any atom is -0.490 e. The quantitative estimate of drug-likeness (QED) is 0.118. The SMILES string of the molecule is C#CC12C(CC(C)C34C=C(C)C(OC(=O)C(C)=CC)C3(O)C(O)C(COC(=C)C(C)=CC)=CC1(C)C4=O)C2(C)C. The van der Waals surface area contributed by atoms with Crippen LogP contribution >= 0.6 is 0 Å². The van der Waals surface area contributed by atoms with Crippen LogP contribution in [0, 0.1) is 45.8 Å². The van der Waals surface area contributed by atoms with Crippen LogP contribution in [0.4, 0.5) is 0 Å². The van der Waals surface area contributed by atoms with Crippen LogP contribution in [0.5, 0.6) is 0 Å². The average molecular weight is 549 g/mol. The summed E-state index contributed by atoms with van der Waals surface area (Å²) in [6.45, 7) is 20.6. The van der Waals surface area contributed by atoms with E-state index in [0.29, 0.717) is 28.9 Å². The van der Waals surface area contributed by atoms with Crippen molar-refractivity contribution in [3.63, 3.8) is 0 Å². The average Bonchev–Trinajstić information content (AvgIpc) is 3.34. The molecule has 4 aliphatic rings. The lowest BCUT2D eigenvalue weighted by atomic mass is 9.55. The van der Waals surface area contributed by atoms with Crippen molar-refractivity contribution in [1.29, 1.82) is 0 Å². The number of fused-ring (bicyclic) bond motifs is 3. The van der Waals surface area contributed by atoms with Gasteiger partial charge in [0.15, 0.2) is 17.5 Å². The first kappa shape index (κ1) is 30.1. The maximum atomic E-state index is 15.2. The molecule has 0 aromatic heterocycles. The molecule has 0 aromatic carbocycles. The number of ketones is 1. The summed E-state index contributed by atoms with van der Waals surface area (Å²) in [5.41, 5.74) is -4.16. The number of aliphatic hydroxyl groups excluding tert-OH is 1. The molecule has 40 heavy (non-hydrogen) atoms. The van der Waals surface area contributed by atoms with Gasteiger partial charge in [-0.1, -0.05) is 57.6 Å². The molecule has 0 heterocycles. The van der Waals surface area contributed by atoms with E-state index < -0.39 is 45.9 Å². The van der Waals surface area contributed by atoms with E-state index in [1.54, 1.807) is 39.0 Å². The number of hydrogen-bond acceptors (Lipinski definition) is 6. The molecule has 8 atom stereocenters. The molecule has 0 radical (unpaired) electrons. The lowest BCUT2D eigenvalue weighted by molar-refractivity contribution is -0.203. The zero-order chi connectivity index (χ0) is 30.2. The van der Waals surface area contributed by atoms with Crippen molar-refractivity contribution in [1.82, 2.24) is 0 Å². The van der Waals surface area contributed by atoms with Gasteiger partial charge in [0.25, 0.3) is 0 Å². The monoisotopic (exact) mass is 548 g/mol. The Bertz CT molecular complexity index is 1340. The van der Waals surface area contributed by atoms with Crippen molar-refractivity contribution in [2.75, 3.05) is 6.61 Å². The number of allylic oxidation sites excluding steroid dienone is 4. The molecular weight excluding hydrogens is 504 g/mol. The second-order valence-electron chi connectivity index (χ2n) is 13.0. The predicted molar refractivity (Wildman–Crippen MR) is 154 cm³/mol. The van der Waals surface area contributed by atoms with Crippen molar-refractivity contribution < 1.29 is 29.3 Å². The van der Waals surface area contributed by atoms with E-state index in [-0.39, 0.29) is 23.7 Å². The summed E-state index contributed by atoms with van der Waals surface area (Å²) in [4.78, 5) is 28.2. The van der Waals surface area contributed by atoms with Gasteiger partial charge in [-0.05, 0) is 81.9 Å². The molecule has 1 spiro atoms. The van der Waals surface area contributed by atoms with E-state index in [0.717, 1.165) is 5.57 Å². The lowest BCUT2D eigenvalue weighted by Gasteiger charge is -2.50. The molecule has 6 heteroatoms. The molecule has 0 saturated heterocycles. The highest BCUT2D eigenvalue weighted by Crippen LogP contribution is 2.82. The summed E-state index contributed by atoms with van der Waals surface area (Å²) in [6.07, 6.45) is 11.0. The van der Waals surface area contributed by atoms with Crippen molar-refractivity contribution in [2.45, 2.75) is 86.5 Å². The molecule has 0 aliphatic heterocycles. The standard InChI is InChI=1S/C34H44O6/c1-12-19(4)23(8)39-18-24-17-31(11)29(37)32(22(7)15-25-30(9,10)33(25,31)14-3)16-21(6)27(34(32,38)26(24)35)40-28(36)20(5)13-2/h3,12-13,16-17,22,25-27,35,38H,8,15,18H2,1-2,4-7,9-11H3. The van der Waals surface area contributed by atoms with Gasteiger partial charge in [0.1, 0.15) is 18.5 Å². The van der Waals surface area contributed by atoms with E-state index >= 15 is 4.79 Å². The van der Waals surface area contributed by atoms with Crippen LogP contribution in [0.2, 0.25) is 0 Å². The number of esters is 1. The van der Waals surface area contributed by atoms with Crippen LogP contribution in [-0.2, 0) is 19.1 Å². The van der Waals surface area contributed by atoms with Crippen LogP contribution < -0.4 is 0 Å². The molecule has 0 aromatic rings. The molecule has 8 unspecified atom stereocenters. The minimum atomic E-state index is -2.18. The second kappa shape index (κ2) is 9.33. The van der Waals surface area contributed by atoms with Gasteiger partial charge in [0, 0.05) is 5.57 Å². The number of hydrogen-bond donors (Lipinski definition) is 2. The number of Topliss-reactive ketones (excluding diaryl/α,β-unsaturated/α-hetero) is 1. The normalized spacial score (nSPS) is 41.8. The number of aliphatic hydroxyl groups is 2. The minimum absolute atomic E-state index is 0.00652. The molecule has 2 bridgehead atoms. The summed E-state index contributed by atoms with van der Waals surface area (Å²) in [5.74, 6) is 2.17. The van der Waals surface area contributed by atoms with Gasteiger partial charge in [0.05, 0.1) is 16.2 Å². The lowest BCUT2D eigenvalue weighted by Crippen LogP contribution is -2.66. The Morgan fingerprint density at radius 3 is 2.35 bits per heavy atom. The first-order chi connectivity index (χ1) is 18.5. The number of carbonyl (C=O) groups is 2. The van der Waals surface area contributed by atoms with Crippen LogP contribution in [-0.4, -0.2) is 46.4 Å². The largest absolute Gasteiger partial charge is 0.490 e. The van der Waals surface area contributed by atoms with Crippen molar-refractivity contribution in [3.8, 4) is 12.3 Å². The Morgan fingerprint density at radius 1 is 1.20 bits per heavy atom. The number of carbonyl (C=O) groups excluding carboxylic acids is 2. The van der Waals surface area contributed by atoms with E-state index in [4.69, 9.17) is 15.9 Å². The highest BCUT2D eigenvalue weighted by atomic mass is 16.6. The molecular formula is C34H44O6. The summed E-state index contributed by atoms with van der Waals surface area (Å²) in [5, 5.41) is 25.0. The zero-order valence-corrected chi connectivity index (χ0v) is 25.3. The third-order valence-corrected chi connectivity index (χ3v) is 11.0. The Morgan fingerprint density at radius 2 is 1.80 bits per heavy atom. The van der Waals surface area contributed by atoms with Crippen LogP contribution in [0.15, 0.2) is 58.9 Å². The molecule has 2 N–H and O–H groups in total. The fourth-order valence-corrected chi connectivity index (χ4v) is 8.43. The van der Waals surface area contributed by atoms with Crippen molar-refractivity contribution in [3.05, 3.63) is 58.9 Å². The molecule has 4 aliphatic carbocycles. The smallest absolute Gasteiger partial charge is 0.334 e. The molecule has 2 saturated carbocycles. The van der Waals surface area contributed by atoms with Gasteiger partial charge in [-0.15, -0.1) is 6.42 Å². The van der Waals surface area contributed by atoms with Gasteiger partial charge in [-0.25, -0.2) is 4.79 Å². The molecule has 0 amide bonds. The maximum absolute atomic E-state index is 15.2. The summed E-state index contributed by atoms with van der Waals surface area (Å²) < 4.78 is 11.9. The predicted octanol–water partition coefficient (Wildman–Crippen LogP) is 5.23. The van der Waals surface area contributed by atoms with E-state index in [1.165, 1.54) is 0 Å². The van der Waals surface area contributed by atoms with E-state index in [2.05, 4.69) is 26.3 Å². The Kier molecular flexibility index (Phi) is 7.01. The van der Waals surface area contributed by atoms with Gasteiger partial charge >= 0.3 is 5.97 Å². The Labute approximate surface area is 238 Å². The van der Waals surface area contributed by atoms with Crippen molar-refractivity contribution in [2.24, 2.45) is 33.5 Å². The highest BCUT2D eigenvalue weighted by Gasteiger charge is 2.85. The fourth-order valence-electron chi connectivity index (χ4n) is 8.43. The number of terminal acetylenes is 1. The molecule has 216 valence electrons. The van der Waals surface area contributed by atoms with Crippen LogP contribution in [0.3, 0.4) is 0 Å². The second-order valence-corrected chi connectivity index (χ2v) is 13.0. The maximum Gasteiger partial charge on any atom is 0.334 e. The summed E-state index contributed by atoms with van der Waals surface area (Å²) in [7, 11) is 0. The Balaban J connectivity index is 1.99. The number of rotatable bonds is 6. The fraction of sp³-hybridized carbons (Fsp3) is 0.588. The van der Waals surface area contributed by atoms with Crippen molar-refractivity contribution >= 4 is 11.8 Å². The Hall–Kier alpha value is -2.88. The first-order valence-electron chi connectivity index (χ1n) is 14.1.